The molecule has 0 fully saturated rings. The lowest BCUT2D eigenvalue weighted by Gasteiger charge is -2.13. The number of aliphatic carboxylic acids is 1. The van der Waals surface area contributed by atoms with E-state index in [0.29, 0.717) is 0 Å². The molecule has 2 N–H and O–H groups in total. The molecule has 22 heavy (non-hydrogen) atoms. The molecule has 0 radical (unpaired) electrons. The Morgan fingerprint density at radius 3 is 2.55 bits per heavy atom. The first-order valence-corrected chi connectivity index (χ1v) is 6.72. The summed E-state index contributed by atoms with van der Waals surface area (Å²) in [5, 5.41) is 10.5. The third kappa shape index (κ3) is 3.73. The first-order valence-electron chi connectivity index (χ1n) is 6.72. The standard InChI is InChI=1S/C16H17NO5/c1-10(16(20)17-22-9-15(18)19)11-3-4-13-8-14(21-2)6-5-12(13)7-11/h3-8,10H,9H2,1-2H3,(H,17,20)(H,18,19)/t10-/m0/s1. The molecule has 0 unspecified atom stereocenters. The average molecular weight is 303 g/mol. The molecule has 2 aromatic rings. The summed E-state index contributed by atoms with van der Waals surface area (Å²) in [6.07, 6.45) is 0. The molecule has 0 aliphatic rings. The van der Waals surface area contributed by atoms with Gasteiger partial charge in [0.25, 0.3) is 5.91 Å². The molecule has 2 rings (SSSR count). The Morgan fingerprint density at radius 1 is 1.18 bits per heavy atom. The number of hydroxylamine groups is 1. The van der Waals surface area contributed by atoms with E-state index < -0.39 is 24.4 Å². The highest BCUT2D eigenvalue weighted by molar-refractivity contribution is 5.88. The van der Waals surface area contributed by atoms with Crippen molar-refractivity contribution in [2.45, 2.75) is 12.8 Å². The lowest BCUT2D eigenvalue weighted by Crippen LogP contribution is -2.30. The van der Waals surface area contributed by atoms with E-state index in [4.69, 9.17) is 9.84 Å². The zero-order chi connectivity index (χ0) is 16.1. The molecule has 0 aromatic heterocycles. The summed E-state index contributed by atoms with van der Waals surface area (Å²) in [6.45, 7) is 1.15. The maximum absolute atomic E-state index is 11.9. The number of hydrogen-bond donors (Lipinski definition) is 2. The van der Waals surface area contributed by atoms with Crippen LogP contribution in [0.25, 0.3) is 10.8 Å². The summed E-state index contributed by atoms with van der Waals surface area (Å²) < 4.78 is 5.17. The molecule has 0 saturated carbocycles. The van der Waals surface area contributed by atoms with Crippen LogP contribution in [0, 0.1) is 0 Å². The quantitative estimate of drug-likeness (QED) is 0.798. The smallest absolute Gasteiger partial charge is 0.332 e. The number of carbonyl (C=O) groups excluding carboxylic acids is 1. The second-order valence-corrected chi connectivity index (χ2v) is 4.84. The maximum Gasteiger partial charge on any atom is 0.332 e. The van der Waals surface area contributed by atoms with Crippen molar-refractivity contribution >= 4 is 22.6 Å². The number of hydrogen-bond acceptors (Lipinski definition) is 4. The van der Waals surface area contributed by atoms with Gasteiger partial charge in [-0.1, -0.05) is 24.3 Å². The Hall–Kier alpha value is -2.60. The Kier molecular flexibility index (Phi) is 4.95. The molecule has 0 saturated heterocycles. The van der Waals surface area contributed by atoms with Gasteiger partial charge in [-0.25, -0.2) is 10.3 Å². The average Bonchev–Trinajstić information content (AvgIpc) is 2.52. The van der Waals surface area contributed by atoms with Crippen LogP contribution < -0.4 is 10.2 Å². The van der Waals surface area contributed by atoms with E-state index in [-0.39, 0.29) is 0 Å². The molecule has 1 atom stereocenters. The van der Waals surface area contributed by atoms with Crippen LogP contribution in [0.1, 0.15) is 18.4 Å². The summed E-state index contributed by atoms with van der Waals surface area (Å²) in [5.41, 5.74) is 2.95. The van der Waals surface area contributed by atoms with E-state index in [9.17, 15) is 9.59 Å². The van der Waals surface area contributed by atoms with Crippen molar-refractivity contribution < 1.29 is 24.3 Å². The van der Waals surface area contributed by atoms with Gasteiger partial charge in [-0.3, -0.25) is 9.63 Å². The molecular formula is C16H17NO5. The van der Waals surface area contributed by atoms with Crippen molar-refractivity contribution in [2.75, 3.05) is 13.7 Å². The summed E-state index contributed by atoms with van der Waals surface area (Å²) in [5.74, 6) is -1.23. The first-order chi connectivity index (χ1) is 10.5. The van der Waals surface area contributed by atoms with Gasteiger partial charge in [0.1, 0.15) is 5.75 Å². The van der Waals surface area contributed by atoms with Gasteiger partial charge in [-0.05, 0) is 35.4 Å². The van der Waals surface area contributed by atoms with Crippen molar-refractivity contribution in [1.29, 1.82) is 0 Å². The molecule has 0 bridgehead atoms. The normalized spacial score (nSPS) is 11.9. The van der Waals surface area contributed by atoms with E-state index >= 15 is 0 Å². The topological polar surface area (TPSA) is 84.9 Å². The highest BCUT2D eigenvalue weighted by atomic mass is 16.7. The largest absolute Gasteiger partial charge is 0.497 e. The molecule has 0 aliphatic carbocycles. The van der Waals surface area contributed by atoms with Crippen molar-refractivity contribution in [1.82, 2.24) is 5.48 Å². The number of nitrogens with one attached hydrogen (secondary N) is 1. The van der Waals surface area contributed by atoms with Crippen LogP contribution in [0.5, 0.6) is 5.75 Å². The number of carboxylic acid groups (broad SMARTS) is 1. The minimum absolute atomic E-state index is 0.394. The molecule has 2 aromatic carbocycles. The monoisotopic (exact) mass is 303 g/mol. The number of carbonyl (C=O) groups is 2. The first kappa shape index (κ1) is 15.8. The van der Waals surface area contributed by atoms with Crippen LogP contribution in [-0.2, 0) is 14.4 Å². The molecule has 1 amide bonds. The molecule has 6 nitrogen and oxygen atoms in total. The minimum Gasteiger partial charge on any atom is -0.497 e. The Balaban J connectivity index is 2.12. The number of amides is 1. The predicted octanol–water partition coefficient (Wildman–Crippen LogP) is 2.08. The fourth-order valence-corrected chi connectivity index (χ4v) is 2.05. The molecule has 0 aliphatic heterocycles. The van der Waals surface area contributed by atoms with Gasteiger partial charge in [-0.2, -0.15) is 0 Å². The van der Waals surface area contributed by atoms with E-state index in [1.54, 1.807) is 14.0 Å². The van der Waals surface area contributed by atoms with Crippen LogP contribution in [0.3, 0.4) is 0 Å². The minimum atomic E-state index is -1.15. The zero-order valence-electron chi connectivity index (χ0n) is 12.3. The van der Waals surface area contributed by atoms with E-state index in [1.807, 2.05) is 36.4 Å². The summed E-state index contributed by atoms with van der Waals surface area (Å²) in [4.78, 5) is 26.8. The van der Waals surface area contributed by atoms with Gasteiger partial charge >= 0.3 is 5.97 Å². The molecule has 116 valence electrons. The SMILES string of the molecule is COc1ccc2cc([C@H](C)C(=O)NOCC(=O)O)ccc2c1. The van der Waals surface area contributed by atoms with Gasteiger partial charge in [0, 0.05) is 0 Å². The van der Waals surface area contributed by atoms with Crippen LogP contribution in [0.4, 0.5) is 0 Å². The van der Waals surface area contributed by atoms with Crippen LogP contribution in [0.2, 0.25) is 0 Å². The van der Waals surface area contributed by atoms with Gasteiger partial charge in [0.2, 0.25) is 0 Å². The summed E-state index contributed by atoms with van der Waals surface area (Å²) in [6, 6.07) is 11.4. The molecular weight excluding hydrogens is 286 g/mol. The maximum atomic E-state index is 11.9. The fourth-order valence-electron chi connectivity index (χ4n) is 2.05. The lowest BCUT2D eigenvalue weighted by molar-refractivity contribution is -0.149. The number of methoxy groups -OCH3 is 1. The van der Waals surface area contributed by atoms with Crippen LogP contribution in [0.15, 0.2) is 36.4 Å². The number of benzene rings is 2. The number of rotatable bonds is 6. The second-order valence-electron chi connectivity index (χ2n) is 4.84. The second kappa shape index (κ2) is 6.91. The fraction of sp³-hybridized carbons (Fsp3) is 0.250. The van der Waals surface area contributed by atoms with E-state index in [0.717, 1.165) is 22.1 Å². The Labute approximate surface area is 127 Å². The highest BCUT2D eigenvalue weighted by Gasteiger charge is 2.16. The summed E-state index contributed by atoms with van der Waals surface area (Å²) in [7, 11) is 1.61. The van der Waals surface area contributed by atoms with Crippen LogP contribution >= 0.6 is 0 Å². The van der Waals surface area contributed by atoms with Crippen LogP contribution in [-0.4, -0.2) is 30.7 Å². The molecule has 0 spiro atoms. The third-order valence-electron chi connectivity index (χ3n) is 3.33. The van der Waals surface area contributed by atoms with Gasteiger partial charge in [-0.15, -0.1) is 0 Å². The molecule has 6 heteroatoms. The highest BCUT2D eigenvalue weighted by Crippen LogP contribution is 2.25. The third-order valence-corrected chi connectivity index (χ3v) is 3.33. The van der Waals surface area contributed by atoms with E-state index in [1.165, 1.54) is 0 Å². The molecule has 0 heterocycles. The predicted molar refractivity (Wildman–Crippen MR) is 80.6 cm³/mol. The van der Waals surface area contributed by atoms with Gasteiger partial charge in [0.15, 0.2) is 6.61 Å². The Morgan fingerprint density at radius 2 is 1.86 bits per heavy atom. The van der Waals surface area contributed by atoms with Gasteiger partial charge in [0.05, 0.1) is 13.0 Å². The summed E-state index contributed by atoms with van der Waals surface area (Å²) >= 11 is 0. The van der Waals surface area contributed by atoms with E-state index in [2.05, 4.69) is 10.3 Å². The number of ether oxygens (including phenoxy) is 1. The Bertz CT molecular complexity index is 698. The van der Waals surface area contributed by atoms with Crippen molar-refractivity contribution in [3.05, 3.63) is 42.0 Å². The lowest BCUT2D eigenvalue weighted by atomic mass is 9.97. The number of fused-ring (bicyclic) bond motifs is 1. The van der Waals surface area contributed by atoms with Crippen molar-refractivity contribution in [3.8, 4) is 5.75 Å². The van der Waals surface area contributed by atoms with Gasteiger partial charge < -0.3 is 9.84 Å². The number of carboxylic acids is 1. The van der Waals surface area contributed by atoms with Crippen molar-refractivity contribution in [3.63, 3.8) is 0 Å². The van der Waals surface area contributed by atoms with Crippen molar-refractivity contribution in [2.24, 2.45) is 0 Å². The zero-order valence-corrected chi connectivity index (χ0v) is 12.3.